The van der Waals surface area contributed by atoms with Gasteiger partial charge in [0.2, 0.25) is 11.8 Å². The third kappa shape index (κ3) is 5.18. The minimum absolute atomic E-state index is 0.0142. The van der Waals surface area contributed by atoms with Gasteiger partial charge in [0.1, 0.15) is 35.2 Å². The van der Waals surface area contributed by atoms with Gasteiger partial charge in [0.05, 0.1) is 29.0 Å². The van der Waals surface area contributed by atoms with Crippen LogP contribution in [0.4, 0.5) is 17.6 Å². The number of rotatable bonds is 8. The number of nitrogens with zero attached hydrogens (tertiary/aromatic N) is 3. The highest BCUT2D eigenvalue weighted by molar-refractivity contribution is 6.33. The number of carbonyl (C=O) groups is 2. The van der Waals surface area contributed by atoms with E-state index in [1.54, 1.807) is 0 Å². The second-order valence-corrected chi connectivity index (χ2v) is 11.6. The molecule has 1 fully saturated rings. The highest BCUT2D eigenvalue weighted by atomic mass is 35.5. The fraction of sp³-hybridized carbons (Fsp3) is 0.333. The second-order valence-electron chi connectivity index (χ2n) is 11.2. The van der Waals surface area contributed by atoms with Crippen LogP contribution in [0.25, 0.3) is 16.8 Å². The van der Waals surface area contributed by atoms with E-state index in [1.807, 2.05) is 6.07 Å². The Bertz CT molecular complexity index is 1820. The number of alkyl halides is 3. The van der Waals surface area contributed by atoms with Gasteiger partial charge >= 0.3 is 6.18 Å². The third-order valence-corrected chi connectivity index (χ3v) is 8.37. The standard InChI is InChI=1S/C30H26ClF4N5O4/c1-29(28(36)42)13-44-26-19(29)11-23(38-25(26)18-6-5-16(32)9-21(18)31)20(30(33,34)35)12-37-27(41)15-7-17-10-22(14-3-4-14)39-40(17)24(8-15)43-2/h5-11,14,20H,3-4,12-13H2,1-2H3,(H2,36,42)(H,37,41)/t20?,29-/m0/s1. The molecule has 4 heterocycles. The maximum atomic E-state index is 14.6. The van der Waals surface area contributed by atoms with Gasteiger partial charge in [-0.3, -0.25) is 9.59 Å². The molecule has 4 aromatic rings. The van der Waals surface area contributed by atoms with Crippen molar-refractivity contribution in [2.24, 2.45) is 5.73 Å². The van der Waals surface area contributed by atoms with E-state index in [4.69, 9.17) is 26.8 Å². The van der Waals surface area contributed by atoms with Gasteiger partial charge in [-0.25, -0.2) is 13.9 Å². The lowest BCUT2D eigenvalue weighted by Crippen LogP contribution is -2.40. The zero-order chi connectivity index (χ0) is 31.6. The number of carbonyl (C=O) groups excluding carboxylic acids is 2. The summed E-state index contributed by atoms with van der Waals surface area (Å²) in [4.78, 5) is 29.9. The Balaban J connectivity index is 1.38. The molecular weight excluding hydrogens is 606 g/mol. The number of nitrogens with two attached hydrogens (primary N) is 1. The van der Waals surface area contributed by atoms with Crippen molar-refractivity contribution in [2.75, 3.05) is 20.3 Å². The molecule has 1 aromatic carbocycles. The average Bonchev–Trinajstić information content (AvgIpc) is 3.63. The van der Waals surface area contributed by atoms with Gasteiger partial charge in [-0.1, -0.05) is 11.6 Å². The second kappa shape index (κ2) is 10.7. The van der Waals surface area contributed by atoms with Crippen LogP contribution in [0.2, 0.25) is 5.02 Å². The zero-order valence-electron chi connectivity index (χ0n) is 23.5. The van der Waals surface area contributed by atoms with Crippen LogP contribution in [0.1, 0.15) is 58.9 Å². The quantitative estimate of drug-likeness (QED) is 0.255. The lowest BCUT2D eigenvalue weighted by molar-refractivity contribution is -0.149. The smallest absolute Gasteiger partial charge is 0.398 e. The number of hydrogen-bond donors (Lipinski definition) is 2. The molecule has 1 unspecified atom stereocenters. The topological polar surface area (TPSA) is 121 Å². The molecule has 2 amide bonds. The molecule has 0 spiro atoms. The Labute approximate surface area is 253 Å². The van der Waals surface area contributed by atoms with Crippen LogP contribution in [0.15, 0.2) is 42.5 Å². The number of benzene rings is 1. The van der Waals surface area contributed by atoms with Crippen molar-refractivity contribution in [1.29, 1.82) is 0 Å². The van der Waals surface area contributed by atoms with E-state index in [0.717, 1.165) is 36.7 Å². The van der Waals surface area contributed by atoms with Crippen molar-refractivity contribution in [2.45, 2.75) is 43.2 Å². The number of amides is 2. The van der Waals surface area contributed by atoms with Crippen molar-refractivity contribution in [1.82, 2.24) is 19.9 Å². The molecule has 6 rings (SSSR count). The number of pyridine rings is 2. The van der Waals surface area contributed by atoms with Gasteiger partial charge in [0, 0.05) is 35.2 Å². The summed E-state index contributed by atoms with van der Waals surface area (Å²) in [6.45, 7) is 0.308. The number of hydrogen-bond acceptors (Lipinski definition) is 6. The lowest BCUT2D eigenvalue weighted by atomic mass is 9.82. The number of primary amides is 1. The van der Waals surface area contributed by atoms with Crippen molar-refractivity contribution < 1.29 is 36.6 Å². The van der Waals surface area contributed by atoms with Gasteiger partial charge in [0.25, 0.3) is 5.91 Å². The molecule has 1 aliphatic carbocycles. The fourth-order valence-corrected chi connectivity index (χ4v) is 5.54. The monoisotopic (exact) mass is 631 g/mol. The van der Waals surface area contributed by atoms with Gasteiger partial charge in [-0.15, -0.1) is 0 Å². The van der Waals surface area contributed by atoms with Crippen LogP contribution in [-0.4, -0.2) is 52.9 Å². The van der Waals surface area contributed by atoms with Crippen LogP contribution in [0, 0.1) is 5.82 Å². The summed E-state index contributed by atoms with van der Waals surface area (Å²) in [6, 6.07) is 9.17. The summed E-state index contributed by atoms with van der Waals surface area (Å²) < 4.78 is 70.3. The molecule has 1 saturated carbocycles. The predicted molar refractivity (Wildman–Crippen MR) is 152 cm³/mol. The van der Waals surface area contributed by atoms with Gasteiger partial charge in [0.15, 0.2) is 0 Å². The van der Waals surface area contributed by atoms with Crippen molar-refractivity contribution in [3.05, 3.63) is 75.8 Å². The van der Waals surface area contributed by atoms with Crippen molar-refractivity contribution >= 4 is 28.9 Å². The zero-order valence-corrected chi connectivity index (χ0v) is 24.2. The molecule has 14 heteroatoms. The number of methoxy groups -OCH3 is 1. The number of fused-ring (bicyclic) bond motifs is 2. The Kier molecular flexibility index (Phi) is 7.18. The largest absolute Gasteiger partial charge is 0.489 e. The third-order valence-electron chi connectivity index (χ3n) is 8.06. The first-order valence-electron chi connectivity index (χ1n) is 13.7. The Morgan fingerprint density at radius 2 is 1.98 bits per heavy atom. The van der Waals surface area contributed by atoms with E-state index in [-0.39, 0.29) is 45.6 Å². The van der Waals surface area contributed by atoms with Crippen LogP contribution < -0.4 is 20.5 Å². The summed E-state index contributed by atoms with van der Waals surface area (Å²) in [5.41, 5.74) is 5.19. The SMILES string of the molecule is COc1cc(C(=O)NCC(c2cc3c(c(-c4ccc(F)cc4Cl)n2)OC[C@]3(C)C(N)=O)C(F)(F)F)cc2cc(C3CC3)nn12. The first-order chi connectivity index (χ1) is 20.8. The molecule has 0 bridgehead atoms. The fourth-order valence-electron chi connectivity index (χ4n) is 5.28. The number of halogens is 5. The Morgan fingerprint density at radius 1 is 1.23 bits per heavy atom. The minimum Gasteiger partial charge on any atom is -0.489 e. The first kappa shape index (κ1) is 29.7. The molecule has 3 N–H and O–H groups in total. The molecule has 44 heavy (non-hydrogen) atoms. The molecule has 2 aliphatic rings. The number of aromatic nitrogens is 3. The molecule has 0 saturated heterocycles. The van der Waals surface area contributed by atoms with E-state index in [2.05, 4.69) is 15.4 Å². The Morgan fingerprint density at radius 3 is 2.61 bits per heavy atom. The highest BCUT2D eigenvalue weighted by Gasteiger charge is 2.47. The predicted octanol–water partition coefficient (Wildman–Crippen LogP) is 5.29. The summed E-state index contributed by atoms with van der Waals surface area (Å²) in [6.07, 6.45) is -2.86. The number of ether oxygens (including phenoxy) is 2. The summed E-state index contributed by atoms with van der Waals surface area (Å²) in [5, 5.41) is 6.76. The van der Waals surface area contributed by atoms with E-state index in [1.165, 1.54) is 36.7 Å². The van der Waals surface area contributed by atoms with Crippen LogP contribution >= 0.6 is 11.6 Å². The molecule has 0 radical (unpaired) electrons. The van der Waals surface area contributed by atoms with E-state index >= 15 is 0 Å². The molecule has 3 aromatic heterocycles. The molecular formula is C30H26ClF4N5O4. The van der Waals surface area contributed by atoms with Gasteiger partial charge in [-0.05, 0) is 56.2 Å². The van der Waals surface area contributed by atoms with Crippen LogP contribution in [0.3, 0.4) is 0 Å². The first-order valence-corrected chi connectivity index (χ1v) is 14.0. The van der Waals surface area contributed by atoms with Crippen molar-refractivity contribution in [3.8, 4) is 22.9 Å². The molecule has 1 aliphatic heterocycles. The molecule has 2 atom stereocenters. The van der Waals surface area contributed by atoms with Crippen LogP contribution in [0.5, 0.6) is 11.6 Å². The molecule has 9 nitrogen and oxygen atoms in total. The minimum atomic E-state index is -4.88. The summed E-state index contributed by atoms with van der Waals surface area (Å²) in [7, 11) is 1.41. The summed E-state index contributed by atoms with van der Waals surface area (Å²) in [5.74, 6) is -3.98. The van der Waals surface area contributed by atoms with Crippen LogP contribution in [-0.2, 0) is 10.2 Å². The molecule has 230 valence electrons. The van der Waals surface area contributed by atoms with Gasteiger partial charge in [-0.2, -0.15) is 18.3 Å². The lowest BCUT2D eigenvalue weighted by Gasteiger charge is -2.24. The maximum absolute atomic E-state index is 14.6. The Hall–Kier alpha value is -4.39. The number of nitrogens with one attached hydrogen (secondary N) is 1. The normalized spacial score (nSPS) is 18.5. The van der Waals surface area contributed by atoms with E-state index in [9.17, 15) is 27.2 Å². The van der Waals surface area contributed by atoms with E-state index in [0.29, 0.717) is 11.4 Å². The van der Waals surface area contributed by atoms with Crippen molar-refractivity contribution in [3.63, 3.8) is 0 Å². The highest BCUT2D eigenvalue weighted by Crippen LogP contribution is 2.48. The van der Waals surface area contributed by atoms with Gasteiger partial charge < -0.3 is 20.5 Å². The summed E-state index contributed by atoms with van der Waals surface area (Å²) >= 11 is 6.26. The average molecular weight is 632 g/mol. The maximum Gasteiger partial charge on any atom is 0.398 e. The van der Waals surface area contributed by atoms with E-state index < -0.39 is 47.4 Å².